The summed E-state index contributed by atoms with van der Waals surface area (Å²) in [7, 11) is 2.22. The molecule has 0 radical (unpaired) electrons. The average Bonchev–Trinajstić information content (AvgIpc) is 3.89. The highest BCUT2D eigenvalue weighted by atomic mass is 35.5. The minimum absolute atomic E-state index is 0. The lowest BCUT2D eigenvalue weighted by molar-refractivity contribution is -0.135. The summed E-state index contributed by atoms with van der Waals surface area (Å²) < 4.78 is 22.8. The summed E-state index contributed by atoms with van der Waals surface area (Å²) in [5.74, 6) is -0.253. The molecule has 0 bridgehead atoms. The number of hydrogen-bond donors (Lipinski definition) is 2. The number of rotatable bonds is 13. The van der Waals surface area contributed by atoms with Crippen LogP contribution >= 0.6 is 35.6 Å². The van der Waals surface area contributed by atoms with Gasteiger partial charge in [-0.05, 0) is 105 Å². The summed E-state index contributed by atoms with van der Waals surface area (Å²) >= 11 is 11.9. The molecular formula is C45H52Cl3N3O9. The third-order valence-electron chi connectivity index (χ3n) is 10.3. The van der Waals surface area contributed by atoms with Crippen LogP contribution in [0.4, 0.5) is 0 Å². The number of carbonyl (C=O) groups is 3. The molecule has 1 amide bonds. The van der Waals surface area contributed by atoms with Gasteiger partial charge in [-0.1, -0.05) is 71.7 Å². The van der Waals surface area contributed by atoms with E-state index in [0.29, 0.717) is 42.1 Å². The quantitative estimate of drug-likeness (QED) is 0.126. The molecule has 3 heterocycles. The van der Waals surface area contributed by atoms with Crippen LogP contribution in [0.5, 0.6) is 17.2 Å². The molecule has 15 heteroatoms. The molecule has 3 aliphatic rings. The number of carboxylic acid groups (broad SMARTS) is 2. The molecule has 7 rings (SSSR count). The van der Waals surface area contributed by atoms with Crippen LogP contribution in [0.2, 0.25) is 10.0 Å². The standard InChI is InChI=1S/C21H26ClNO.C20H21ClN2O4.C4H4O4.ClH/c1-21(17-7-4-3-5-8-17,18-10-12-19(22)13-11-18)24-16-14-20-9-6-15-23(20)2;21-16-2-4-17(5-3-16)25-13-20(24)23-9-7-22(8-10-23)12-15-1-6-18-19(11-15)27-14-26-18;5-3(6)1-2-4(7)8;/h3-5,7-8,10-13,20H,6,9,14-16H2,1-2H3;1-6,11H,7-10,12-14H2;1-2H,(H,5,6)(H,7,8);1H. The summed E-state index contributed by atoms with van der Waals surface area (Å²) in [6.07, 6.45) is 4.77. The third-order valence-corrected chi connectivity index (χ3v) is 10.8. The Labute approximate surface area is 367 Å². The van der Waals surface area contributed by atoms with Gasteiger partial charge in [0.2, 0.25) is 6.79 Å². The summed E-state index contributed by atoms with van der Waals surface area (Å²) in [5, 5.41) is 17.0. The number of halogens is 3. The Morgan fingerprint density at radius 1 is 0.800 bits per heavy atom. The van der Waals surface area contributed by atoms with Gasteiger partial charge < -0.3 is 39.0 Å². The first kappa shape index (κ1) is 47.9. The second kappa shape index (κ2) is 23.8. The van der Waals surface area contributed by atoms with Gasteiger partial charge in [0.1, 0.15) is 11.4 Å². The fourth-order valence-electron chi connectivity index (χ4n) is 6.96. The largest absolute Gasteiger partial charge is 0.484 e. The first-order valence-corrected chi connectivity index (χ1v) is 20.2. The number of piperazine rings is 1. The van der Waals surface area contributed by atoms with Gasteiger partial charge >= 0.3 is 11.9 Å². The number of likely N-dealkylation sites (tertiary alicyclic amines) is 1. The molecule has 2 N–H and O–H groups in total. The molecule has 12 nitrogen and oxygen atoms in total. The molecule has 60 heavy (non-hydrogen) atoms. The molecular weight excluding hydrogens is 833 g/mol. The van der Waals surface area contributed by atoms with Crippen molar-refractivity contribution in [1.29, 1.82) is 0 Å². The lowest BCUT2D eigenvalue weighted by Gasteiger charge is -2.34. The van der Waals surface area contributed by atoms with Crippen molar-refractivity contribution < 1.29 is 43.5 Å². The lowest BCUT2D eigenvalue weighted by Crippen LogP contribution is -2.49. The highest BCUT2D eigenvalue weighted by Crippen LogP contribution is 2.35. The molecule has 0 spiro atoms. The van der Waals surface area contributed by atoms with Crippen molar-refractivity contribution in [3.05, 3.63) is 136 Å². The van der Waals surface area contributed by atoms with Gasteiger partial charge in [0.05, 0.1) is 0 Å². The topological polar surface area (TPSA) is 138 Å². The maximum absolute atomic E-state index is 12.4. The van der Waals surface area contributed by atoms with Gasteiger partial charge in [0.25, 0.3) is 5.91 Å². The molecule has 4 aromatic rings. The van der Waals surface area contributed by atoms with Crippen LogP contribution in [-0.2, 0) is 31.3 Å². The summed E-state index contributed by atoms with van der Waals surface area (Å²) in [4.78, 5) is 38.1. The fourth-order valence-corrected chi connectivity index (χ4v) is 7.22. The average molecular weight is 885 g/mol. The van der Waals surface area contributed by atoms with Gasteiger partial charge in [-0.25, -0.2) is 9.59 Å². The molecule has 0 aliphatic carbocycles. The number of carboxylic acids is 2. The minimum Gasteiger partial charge on any atom is -0.484 e. The Morgan fingerprint density at radius 3 is 2.00 bits per heavy atom. The lowest BCUT2D eigenvalue weighted by atomic mass is 9.88. The van der Waals surface area contributed by atoms with Gasteiger partial charge in [0.15, 0.2) is 18.1 Å². The number of amides is 1. The molecule has 2 fully saturated rings. The Kier molecular flexibility index (Phi) is 19.0. The Bertz CT molecular complexity index is 1980. The van der Waals surface area contributed by atoms with Crippen molar-refractivity contribution in [2.24, 2.45) is 0 Å². The monoisotopic (exact) mass is 883 g/mol. The predicted molar refractivity (Wildman–Crippen MR) is 234 cm³/mol. The first-order chi connectivity index (χ1) is 28.4. The third kappa shape index (κ3) is 14.7. The summed E-state index contributed by atoms with van der Waals surface area (Å²) in [6.45, 7) is 8.36. The van der Waals surface area contributed by atoms with Crippen molar-refractivity contribution in [2.45, 2.75) is 44.4 Å². The van der Waals surface area contributed by atoms with E-state index in [4.69, 9.17) is 52.4 Å². The number of nitrogens with zero attached hydrogens (tertiary/aromatic N) is 3. The highest BCUT2D eigenvalue weighted by Gasteiger charge is 2.31. The van der Waals surface area contributed by atoms with Crippen LogP contribution in [0.25, 0.3) is 0 Å². The van der Waals surface area contributed by atoms with Crippen LogP contribution in [0.15, 0.2) is 109 Å². The number of carbonyl (C=O) groups excluding carboxylic acids is 1. The van der Waals surface area contributed by atoms with Crippen molar-refractivity contribution in [3.63, 3.8) is 0 Å². The Hall–Kier alpha value is -4.82. The number of ether oxygens (including phenoxy) is 4. The normalized spacial score (nSPS) is 17.0. The van der Waals surface area contributed by atoms with Crippen LogP contribution in [0.3, 0.4) is 0 Å². The smallest absolute Gasteiger partial charge is 0.328 e. The summed E-state index contributed by atoms with van der Waals surface area (Å²) in [5.41, 5.74) is 3.04. The first-order valence-electron chi connectivity index (χ1n) is 19.5. The van der Waals surface area contributed by atoms with Crippen molar-refractivity contribution in [1.82, 2.24) is 14.7 Å². The highest BCUT2D eigenvalue weighted by molar-refractivity contribution is 6.30. The van der Waals surface area contributed by atoms with E-state index in [0.717, 1.165) is 54.7 Å². The van der Waals surface area contributed by atoms with Gasteiger partial charge in [0, 0.05) is 67.6 Å². The van der Waals surface area contributed by atoms with E-state index in [-0.39, 0.29) is 31.7 Å². The van der Waals surface area contributed by atoms with E-state index in [9.17, 15) is 14.4 Å². The van der Waals surface area contributed by atoms with Crippen molar-refractivity contribution in [3.8, 4) is 17.2 Å². The number of benzene rings is 4. The van der Waals surface area contributed by atoms with E-state index >= 15 is 0 Å². The number of fused-ring (bicyclic) bond motifs is 1. The molecule has 3 aliphatic heterocycles. The zero-order valence-corrected chi connectivity index (χ0v) is 36.0. The van der Waals surface area contributed by atoms with Gasteiger partial charge in [-0.2, -0.15) is 0 Å². The second-order valence-electron chi connectivity index (χ2n) is 14.4. The van der Waals surface area contributed by atoms with Crippen LogP contribution < -0.4 is 14.2 Å². The molecule has 322 valence electrons. The molecule has 0 saturated carbocycles. The van der Waals surface area contributed by atoms with Gasteiger partial charge in [-0.15, -0.1) is 12.4 Å². The number of aliphatic carboxylic acids is 2. The van der Waals surface area contributed by atoms with Crippen LogP contribution in [0.1, 0.15) is 42.9 Å². The van der Waals surface area contributed by atoms with Gasteiger partial charge in [-0.3, -0.25) is 9.69 Å². The van der Waals surface area contributed by atoms with Crippen LogP contribution in [0, 0.1) is 0 Å². The maximum atomic E-state index is 12.4. The fraction of sp³-hybridized carbons (Fsp3) is 0.356. The Balaban J connectivity index is 0.000000223. The number of hydrogen-bond acceptors (Lipinski definition) is 9. The second-order valence-corrected chi connectivity index (χ2v) is 15.3. The summed E-state index contributed by atoms with van der Waals surface area (Å²) in [6, 6.07) is 32.2. The van der Waals surface area contributed by atoms with Crippen molar-refractivity contribution in [2.75, 3.05) is 59.8 Å². The van der Waals surface area contributed by atoms with E-state index in [2.05, 4.69) is 66.2 Å². The molecule has 2 unspecified atom stereocenters. The maximum Gasteiger partial charge on any atom is 0.328 e. The van der Waals surface area contributed by atoms with E-state index < -0.39 is 17.5 Å². The molecule has 2 saturated heterocycles. The van der Waals surface area contributed by atoms with E-state index in [1.807, 2.05) is 35.2 Å². The molecule has 0 aromatic heterocycles. The zero-order chi connectivity index (χ0) is 42.2. The Morgan fingerprint density at radius 2 is 1.40 bits per heavy atom. The molecule has 4 aromatic carbocycles. The minimum atomic E-state index is -1.26. The van der Waals surface area contributed by atoms with E-state index in [1.54, 1.807) is 24.3 Å². The molecule has 2 atom stereocenters. The zero-order valence-electron chi connectivity index (χ0n) is 33.7. The van der Waals surface area contributed by atoms with E-state index in [1.165, 1.54) is 30.5 Å². The van der Waals surface area contributed by atoms with Crippen molar-refractivity contribution >= 4 is 53.5 Å². The predicted octanol–water partition coefficient (Wildman–Crippen LogP) is 8.03. The van der Waals surface area contributed by atoms with Crippen LogP contribution in [-0.4, -0.2) is 109 Å². The SMILES string of the molecule is CN1CCCC1CCOC(C)(c1ccccc1)c1ccc(Cl)cc1.Cl.O=C(COc1ccc(Cl)cc1)N1CCN(Cc2ccc3c(c2)OCO3)CC1.O=C(O)C=CC(=O)O.